The van der Waals surface area contributed by atoms with E-state index in [9.17, 15) is 13.6 Å². The summed E-state index contributed by atoms with van der Waals surface area (Å²) in [7, 11) is 0. The third-order valence-corrected chi connectivity index (χ3v) is 2.16. The van der Waals surface area contributed by atoms with E-state index in [2.05, 4.69) is 15.5 Å². The van der Waals surface area contributed by atoms with Crippen molar-refractivity contribution in [3.05, 3.63) is 47.7 Å². The summed E-state index contributed by atoms with van der Waals surface area (Å²) in [6.07, 6.45) is 1.43. The quantitative estimate of drug-likeness (QED) is 0.793. The van der Waals surface area contributed by atoms with Gasteiger partial charge in [0.15, 0.2) is 5.82 Å². The number of aromatic nitrogens is 2. The third-order valence-electron chi connectivity index (χ3n) is 2.16. The van der Waals surface area contributed by atoms with Crippen LogP contribution in [0.4, 0.5) is 20.3 Å². The monoisotopic (exact) mass is 250 g/mol. The molecule has 0 aliphatic rings. The number of hydrogen-bond donors (Lipinski definition) is 2. The van der Waals surface area contributed by atoms with Crippen LogP contribution < -0.4 is 11.1 Å². The van der Waals surface area contributed by atoms with Gasteiger partial charge < -0.3 is 11.1 Å². The van der Waals surface area contributed by atoms with Gasteiger partial charge in [0.05, 0.1) is 0 Å². The fourth-order valence-corrected chi connectivity index (χ4v) is 1.27. The molecule has 3 N–H and O–H groups in total. The van der Waals surface area contributed by atoms with Crippen molar-refractivity contribution in [2.45, 2.75) is 0 Å². The summed E-state index contributed by atoms with van der Waals surface area (Å²) in [6.45, 7) is 0. The maximum Gasteiger partial charge on any atom is 0.257 e. The molecule has 0 radical (unpaired) electrons. The Kier molecular flexibility index (Phi) is 3.13. The van der Waals surface area contributed by atoms with Gasteiger partial charge in [-0.05, 0) is 24.3 Å². The van der Waals surface area contributed by atoms with Gasteiger partial charge in [-0.1, -0.05) is 0 Å². The van der Waals surface area contributed by atoms with E-state index in [1.165, 1.54) is 12.3 Å². The molecule has 1 aromatic carbocycles. The molecule has 0 bridgehead atoms. The second-order valence-corrected chi connectivity index (χ2v) is 3.42. The van der Waals surface area contributed by atoms with E-state index in [1.807, 2.05) is 0 Å². The second kappa shape index (κ2) is 4.74. The minimum Gasteiger partial charge on any atom is -0.394 e. The van der Waals surface area contributed by atoms with Gasteiger partial charge in [-0.25, -0.2) is 8.78 Å². The molecule has 5 nitrogen and oxygen atoms in total. The minimum atomic E-state index is -0.987. The Morgan fingerprint density at radius 2 is 1.94 bits per heavy atom. The van der Waals surface area contributed by atoms with Gasteiger partial charge in [-0.15, -0.1) is 5.10 Å². The first-order valence-electron chi connectivity index (χ1n) is 4.91. The number of benzene rings is 1. The summed E-state index contributed by atoms with van der Waals surface area (Å²) in [5.74, 6) is -2.49. The van der Waals surface area contributed by atoms with Crippen LogP contribution >= 0.6 is 0 Å². The normalized spacial score (nSPS) is 10.1. The highest BCUT2D eigenvalue weighted by Gasteiger charge is 2.13. The number of nitrogens with zero attached hydrogens (tertiary/aromatic N) is 2. The van der Waals surface area contributed by atoms with Crippen molar-refractivity contribution in [2.24, 2.45) is 0 Å². The van der Waals surface area contributed by atoms with Crippen LogP contribution in [0.25, 0.3) is 0 Å². The number of nitrogens with one attached hydrogen (secondary N) is 1. The standard InChI is InChI=1S/C11H8F2N4O/c12-7-4-6(5-8(13)10(7)14)11(18)16-9-2-1-3-15-17-9/h1-5H,14H2,(H,16,17,18). The summed E-state index contributed by atoms with van der Waals surface area (Å²) >= 11 is 0. The Morgan fingerprint density at radius 3 is 2.50 bits per heavy atom. The highest BCUT2D eigenvalue weighted by atomic mass is 19.1. The Morgan fingerprint density at radius 1 is 1.28 bits per heavy atom. The molecule has 1 amide bonds. The van der Waals surface area contributed by atoms with Gasteiger partial charge in [-0.3, -0.25) is 4.79 Å². The molecule has 0 saturated carbocycles. The van der Waals surface area contributed by atoms with Gasteiger partial charge in [0.1, 0.15) is 17.3 Å². The van der Waals surface area contributed by atoms with E-state index in [-0.39, 0.29) is 11.4 Å². The molecule has 0 aliphatic heterocycles. The molecule has 2 aromatic rings. The zero-order valence-corrected chi connectivity index (χ0v) is 9.02. The maximum atomic E-state index is 13.2. The van der Waals surface area contributed by atoms with Crippen LogP contribution in [-0.2, 0) is 0 Å². The lowest BCUT2D eigenvalue weighted by molar-refractivity contribution is 0.102. The van der Waals surface area contributed by atoms with E-state index in [1.54, 1.807) is 6.07 Å². The van der Waals surface area contributed by atoms with Crippen molar-refractivity contribution in [1.29, 1.82) is 0 Å². The van der Waals surface area contributed by atoms with Crippen molar-refractivity contribution in [3.63, 3.8) is 0 Å². The summed E-state index contributed by atoms with van der Waals surface area (Å²) < 4.78 is 26.3. The zero-order valence-electron chi connectivity index (χ0n) is 9.02. The SMILES string of the molecule is Nc1c(F)cc(C(=O)Nc2cccnn2)cc1F. The molecule has 18 heavy (non-hydrogen) atoms. The Balaban J connectivity index is 2.25. The molecule has 92 valence electrons. The largest absolute Gasteiger partial charge is 0.394 e. The van der Waals surface area contributed by atoms with Crippen molar-refractivity contribution >= 4 is 17.4 Å². The average molecular weight is 250 g/mol. The molecule has 7 heteroatoms. The Labute approximate surface area is 101 Å². The van der Waals surface area contributed by atoms with Crippen molar-refractivity contribution < 1.29 is 13.6 Å². The molecule has 1 aromatic heterocycles. The summed E-state index contributed by atoms with van der Waals surface area (Å²) in [5.41, 5.74) is 4.29. The van der Waals surface area contributed by atoms with Gasteiger partial charge in [0.2, 0.25) is 0 Å². The third kappa shape index (κ3) is 2.40. The highest BCUT2D eigenvalue weighted by Crippen LogP contribution is 2.17. The minimum absolute atomic E-state index is 0.181. The summed E-state index contributed by atoms with van der Waals surface area (Å²) in [5, 5.41) is 9.51. The van der Waals surface area contributed by atoms with Crippen LogP contribution in [0.2, 0.25) is 0 Å². The first kappa shape index (κ1) is 11.9. The van der Waals surface area contributed by atoms with E-state index in [4.69, 9.17) is 5.73 Å². The van der Waals surface area contributed by atoms with Crippen LogP contribution in [0.5, 0.6) is 0 Å². The van der Waals surface area contributed by atoms with E-state index < -0.39 is 23.2 Å². The van der Waals surface area contributed by atoms with Crippen LogP contribution in [0.1, 0.15) is 10.4 Å². The molecule has 0 aliphatic carbocycles. The van der Waals surface area contributed by atoms with E-state index in [0.717, 1.165) is 12.1 Å². The smallest absolute Gasteiger partial charge is 0.257 e. The first-order valence-corrected chi connectivity index (χ1v) is 4.91. The van der Waals surface area contributed by atoms with Gasteiger partial charge >= 0.3 is 0 Å². The molecular weight excluding hydrogens is 242 g/mol. The fourth-order valence-electron chi connectivity index (χ4n) is 1.27. The van der Waals surface area contributed by atoms with Gasteiger partial charge in [-0.2, -0.15) is 5.10 Å². The molecule has 0 saturated heterocycles. The van der Waals surface area contributed by atoms with Crippen LogP contribution in [0.15, 0.2) is 30.5 Å². The predicted molar refractivity (Wildman–Crippen MR) is 60.8 cm³/mol. The van der Waals surface area contributed by atoms with Crippen LogP contribution in [0.3, 0.4) is 0 Å². The fraction of sp³-hybridized carbons (Fsp3) is 0. The lowest BCUT2D eigenvalue weighted by Crippen LogP contribution is -2.14. The number of rotatable bonds is 2. The zero-order chi connectivity index (χ0) is 13.1. The molecule has 0 fully saturated rings. The number of halogens is 2. The lowest BCUT2D eigenvalue weighted by atomic mass is 10.1. The number of carbonyl (C=O) groups excluding carboxylic acids is 1. The lowest BCUT2D eigenvalue weighted by Gasteiger charge is -2.05. The summed E-state index contributed by atoms with van der Waals surface area (Å²) in [6, 6.07) is 4.76. The maximum absolute atomic E-state index is 13.2. The molecule has 0 spiro atoms. The molecular formula is C11H8F2N4O. The predicted octanol–water partition coefficient (Wildman–Crippen LogP) is 1.59. The number of nitrogen functional groups attached to an aromatic ring is 1. The molecule has 1 heterocycles. The second-order valence-electron chi connectivity index (χ2n) is 3.42. The van der Waals surface area contributed by atoms with E-state index >= 15 is 0 Å². The van der Waals surface area contributed by atoms with Gasteiger partial charge in [0.25, 0.3) is 5.91 Å². The number of anilines is 2. The van der Waals surface area contributed by atoms with Crippen molar-refractivity contribution in [1.82, 2.24) is 10.2 Å². The van der Waals surface area contributed by atoms with Crippen LogP contribution in [-0.4, -0.2) is 16.1 Å². The first-order chi connectivity index (χ1) is 8.58. The Hall–Kier alpha value is -2.57. The number of carbonyl (C=O) groups is 1. The topological polar surface area (TPSA) is 80.9 Å². The average Bonchev–Trinajstić information content (AvgIpc) is 2.36. The van der Waals surface area contributed by atoms with Crippen LogP contribution in [0, 0.1) is 11.6 Å². The molecule has 0 unspecified atom stereocenters. The highest BCUT2D eigenvalue weighted by molar-refractivity contribution is 6.03. The van der Waals surface area contributed by atoms with Crippen molar-refractivity contribution in [3.8, 4) is 0 Å². The number of hydrogen-bond acceptors (Lipinski definition) is 4. The molecule has 0 atom stereocenters. The van der Waals surface area contributed by atoms with Crippen molar-refractivity contribution in [2.75, 3.05) is 11.1 Å². The van der Waals surface area contributed by atoms with E-state index in [0.29, 0.717) is 0 Å². The summed E-state index contributed by atoms with van der Waals surface area (Å²) in [4.78, 5) is 11.7. The van der Waals surface area contributed by atoms with Gasteiger partial charge in [0, 0.05) is 11.8 Å². The number of amides is 1. The number of nitrogens with two attached hydrogens (primary N) is 1. The Bertz CT molecular complexity index is 566. The molecule has 2 rings (SSSR count).